The van der Waals surface area contributed by atoms with Crippen molar-refractivity contribution in [3.05, 3.63) is 23.3 Å². The molecule has 47 heavy (non-hydrogen) atoms. The summed E-state index contributed by atoms with van der Waals surface area (Å²) in [4.78, 5) is 26.3. The molecule has 2 saturated heterocycles. The van der Waals surface area contributed by atoms with E-state index >= 15 is 0 Å². The lowest BCUT2D eigenvalue weighted by atomic mass is 9.46. The number of rotatable bonds is 6. The number of hydrogen-bond donors (Lipinski definition) is 0. The Morgan fingerprint density at radius 3 is 2.00 bits per heavy atom. The summed E-state index contributed by atoms with van der Waals surface area (Å²) in [7, 11) is 0. The maximum atomic E-state index is 13.2. The second-order valence-corrected chi connectivity index (χ2v) is 18.6. The van der Waals surface area contributed by atoms with Gasteiger partial charge in [-0.1, -0.05) is 79.9 Å². The van der Waals surface area contributed by atoms with Crippen LogP contribution in [-0.2, 0) is 33.3 Å². The first kappa shape index (κ1) is 35.1. The van der Waals surface area contributed by atoms with Crippen LogP contribution < -0.4 is 0 Å². The summed E-state index contributed by atoms with van der Waals surface area (Å²) in [5.41, 5.74) is 1.06. The molecule has 0 aromatic carbocycles. The molecular weight excluding hydrogens is 592 g/mol. The molecule has 0 spiro atoms. The van der Waals surface area contributed by atoms with E-state index in [0.29, 0.717) is 12.2 Å². The van der Waals surface area contributed by atoms with Gasteiger partial charge in [-0.15, -0.1) is 0 Å². The molecule has 12 atom stereocenters. The van der Waals surface area contributed by atoms with Crippen molar-refractivity contribution < 1.29 is 33.3 Å². The predicted octanol–water partition coefficient (Wildman–Crippen LogP) is 8.76. The number of allylic oxidation sites excluding steroid dienone is 2. The zero-order valence-corrected chi connectivity index (χ0v) is 31.3. The van der Waals surface area contributed by atoms with E-state index in [9.17, 15) is 9.59 Å². The second kappa shape index (κ2) is 11.4. The lowest BCUT2D eigenvalue weighted by Gasteiger charge is -2.60. The topological polar surface area (TPSA) is 80.3 Å². The van der Waals surface area contributed by atoms with Crippen molar-refractivity contribution in [1.82, 2.24) is 0 Å². The minimum Gasteiger partial charge on any atom is -0.458 e. The van der Waals surface area contributed by atoms with E-state index in [1.54, 1.807) is 19.1 Å². The van der Waals surface area contributed by atoms with Crippen LogP contribution in [0.2, 0.25) is 0 Å². The van der Waals surface area contributed by atoms with Crippen molar-refractivity contribution in [3.8, 4) is 0 Å². The number of fused-ring (bicyclic) bond motifs is 6. The Hall–Kier alpha value is -1.70. The summed E-state index contributed by atoms with van der Waals surface area (Å²) in [6.45, 7) is 27.2. The Morgan fingerprint density at radius 1 is 0.745 bits per heavy atom. The van der Waals surface area contributed by atoms with Crippen molar-refractivity contribution in [3.63, 3.8) is 0 Å². The number of carbonyl (C=O) groups is 2. The van der Waals surface area contributed by atoms with Gasteiger partial charge in [0.25, 0.3) is 0 Å². The Bertz CT molecular complexity index is 1340. The highest BCUT2D eigenvalue weighted by atomic mass is 16.8. The normalized spacial score (nSPS) is 47.8. The molecule has 0 N–H and O–H groups in total. The largest absolute Gasteiger partial charge is 0.458 e. The van der Waals surface area contributed by atoms with Crippen LogP contribution in [0.5, 0.6) is 0 Å². The molecule has 2 aliphatic heterocycles. The fourth-order valence-corrected chi connectivity index (χ4v) is 12.5. The van der Waals surface area contributed by atoms with E-state index in [-0.39, 0.29) is 74.2 Å². The molecule has 6 aliphatic rings. The van der Waals surface area contributed by atoms with Crippen molar-refractivity contribution in [1.29, 1.82) is 0 Å². The number of esters is 2. The summed E-state index contributed by atoms with van der Waals surface area (Å²) in [5, 5.41) is 0. The van der Waals surface area contributed by atoms with Crippen molar-refractivity contribution in [2.24, 2.45) is 56.2 Å². The maximum absolute atomic E-state index is 13.2. The van der Waals surface area contributed by atoms with Gasteiger partial charge in [0.05, 0.1) is 6.61 Å². The predicted molar refractivity (Wildman–Crippen MR) is 181 cm³/mol. The van der Waals surface area contributed by atoms with Gasteiger partial charge in [-0.05, 0) is 86.9 Å². The van der Waals surface area contributed by atoms with Gasteiger partial charge >= 0.3 is 11.9 Å². The van der Waals surface area contributed by atoms with Gasteiger partial charge in [-0.3, -0.25) is 0 Å². The maximum Gasteiger partial charge on any atom is 0.335 e. The van der Waals surface area contributed by atoms with Gasteiger partial charge in [0.2, 0.25) is 6.29 Å². The Labute approximate surface area is 283 Å². The molecule has 7 heteroatoms. The highest BCUT2D eigenvalue weighted by Gasteiger charge is 2.76. The third kappa shape index (κ3) is 4.82. The van der Waals surface area contributed by atoms with E-state index in [2.05, 4.69) is 55.4 Å². The van der Waals surface area contributed by atoms with Crippen LogP contribution in [0.3, 0.4) is 0 Å². The van der Waals surface area contributed by atoms with Gasteiger partial charge in [0, 0.05) is 40.7 Å². The third-order valence-electron chi connectivity index (χ3n) is 15.8. The fraction of sp³-hybridized carbons (Fsp3) is 0.850. The minimum absolute atomic E-state index is 0.0144. The van der Waals surface area contributed by atoms with E-state index in [1.807, 2.05) is 20.8 Å². The van der Waals surface area contributed by atoms with Crippen LogP contribution in [0.15, 0.2) is 23.3 Å². The summed E-state index contributed by atoms with van der Waals surface area (Å²) in [5.74, 6) is -0.496. The number of ether oxygens (including phenoxy) is 5. The highest BCUT2D eigenvalue weighted by Crippen LogP contribution is 2.76. The van der Waals surface area contributed by atoms with Crippen molar-refractivity contribution in [2.75, 3.05) is 6.61 Å². The molecule has 0 radical (unpaired) electrons. The molecule has 264 valence electrons. The van der Waals surface area contributed by atoms with E-state index < -0.39 is 18.9 Å². The molecular formula is C40H62O7. The third-order valence-corrected chi connectivity index (χ3v) is 15.8. The Kier molecular flexibility index (Phi) is 8.53. The van der Waals surface area contributed by atoms with Crippen LogP contribution in [-0.4, -0.2) is 43.5 Å². The fourth-order valence-electron chi connectivity index (χ4n) is 12.5. The molecule has 0 amide bonds. The van der Waals surface area contributed by atoms with Gasteiger partial charge in [-0.2, -0.15) is 0 Å². The molecule has 0 aromatic rings. The molecule has 12 unspecified atom stereocenters. The van der Waals surface area contributed by atoms with E-state index in [4.69, 9.17) is 23.7 Å². The molecule has 4 aliphatic carbocycles. The van der Waals surface area contributed by atoms with E-state index in [0.717, 1.165) is 44.1 Å². The Balaban J connectivity index is 1.38. The summed E-state index contributed by atoms with van der Waals surface area (Å²) in [6.07, 6.45) is 8.98. The van der Waals surface area contributed by atoms with Crippen LogP contribution in [0.1, 0.15) is 128 Å². The van der Waals surface area contributed by atoms with Crippen LogP contribution in [0.25, 0.3) is 0 Å². The molecule has 4 saturated carbocycles. The summed E-state index contributed by atoms with van der Waals surface area (Å²) in [6, 6.07) is 0. The lowest BCUT2D eigenvalue weighted by Crippen LogP contribution is -2.57. The van der Waals surface area contributed by atoms with Gasteiger partial charge in [0.15, 0.2) is 12.6 Å². The zero-order chi connectivity index (χ0) is 34.5. The molecule has 2 heterocycles. The first-order valence-corrected chi connectivity index (χ1v) is 18.4. The monoisotopic (exact) mass is 654 g/mol. The smallest absolute Gasteiger partial charge is 0.335 e. The first-order valence-electron chi connectivity index (χ1n) is 18.4. The first-order chi connectivity index (χ1) is 21.8. The Morgan fingerprint density at radius 2 is 1.36 bits per heavy atom. The lowest BCUT2D eigenvalue weighted by molar-refractivity contribution is -0.299. The standard InChI is InChI=1S/C40H62O7/c1-13-24(4)31(42)45-32-25-21-37(9)18-14-16-35(5,6)39(37,11)28(25)34(46-32)47-33-29-26(22-43-33)30(44-27(41)20-23(2)3)38(10)19-15-17-36(7,8)40(29,38)12/h13,20,25-26,28-30,32-34H,14-19,21-22H2,1-12H3. The van der Waals surface area contributed by atoms with Crippen LogP contribution in [0, 0.1) is 56.2 Å². The second-order valence-electron chi connectivity index (χ2n) is 18.6. The van der Waals surface area contributed by atoms with Gasteiger partial charge in [-0.25, -0.2) is 9.59 Å². The van der Waals surface area contributed by atoms with Gasteiger partial charge in [0.1, 0.15) is 6.10 Å². The molecule has 0 aromatic heterocycles. The quantitative estimate of drug-likeness (QED) is 0.209. The number of carbonyl (C=O) groups excluding carboxylic acids is 2. The van der Waals surface area contributed by atoms with Gasteiger partial charge < -0.3 is 23.7 Å². The van der Waals surface area contributed by atoms with Crippen molar-refractivity contribution >= 4 is 11.9 Å². The zero-order valence-electron chi connectivity index (χ0n) is 31.3. The number of hydrogen-bond acceptors (Lipinski definition) is 7. The molecule has 0 bridgehead atoms. The average Bonchev–Trinajstić information content (AvgIpc) is 3.64. The SMILES string of the molecule is CC=C(C)C(=O)OC1OC(OC2OCC3C(OC(=O)C=C(C)C)C4(C)CCCC(C)(C)C4(C)C23)C2C1CC1(C)CCCC(C)(C)C21C. The molecule has 6 rings (SSSR count). The summed E-state index contributed by atoms with van der Waals surface area (Å²) >= 11 is 0. The summed E-state index contributed by atoms with van der Waals surface area (Å²) < 4.78 is 33.2. The van der Waals surface area contributed by atoms with E-state index in [1.165, 1.54) is 6.42 Å². The van der Waals surface area contributed by atoms with Crippen molar-refractivity contribution in [2.45, 2.75) is 153 Å². The van der Waals surface area contributed by atoms with Crippen LogP contribution in [0.4, 0.5) is 0 Å². The van der Waals surface area contributed by atoms with Crippen LogP contribution >= 0.6 is 0 Å². The molecule has 6 fully saturated rings. The minimum atomic E-state index is -0.673. The average molecular weight is 655 g/mol. The highest BCUT2D eigenvalue weighted by molar-refractivity contribution is 5.87. The molecule has 7 nitrogen and oxygen atoms in total.